The zero-order chi connectivity index (χ0) is 43.2. The Kier molecular flexibility index (Phi) is 44.3. The molecule has 0 aliphatic heterocycles. The van der Waals surface area contributed by atoms with Crippen molar-refractivity contribution < 1.29 is 43.0 Å². The van der Waals surface area contributed by atoms with Crippen molar-refractivity contribution in [3.8, 4) is 0 Å². The molecule has 0 fully saturated rings. The molecule has 9 nitrogen and oxygen atoms in total. The fourth-order valence-electron chi connectivity index (χ4n) is 6.38. The van der Waals surface area contributed by atoms with Crippen molar-refractivity contribution in [2.45, 2.75) is 212 Å². The fourth-order valence-corrected chi connectivity index (χ4v) is 7.17. The summed E-state index contributed by atoms with van der Waals surface area (Å²) in [6, 6.07) is 0. The molecule has 0 bridgehead atoms. The van der Waals surface area contributed by atoms with Gasteiger partial charge in [0.1, 0.15) is 12.2 Å². The molecule has 3 unspecified atom stereocenters. The lowest BCUT2D eigenvalue weighted by Crippen LogP contribution is -2.29. The highest BCUT2D eigenvalue weighted by Gasteiger charge is 2.26. The summed E-state index contributed by atoms with van der Waals surface area (Å²) in [5.74, 6) is -0.393. The van der Waals surface area contributed by atoms with E-state index >= 15 is 0 Å². The minimum Gasteiger partial charge on any atom is -0.457 e. The van der Waals surface area contributed by atoms with Crippen LogP contribution in [-0.4, -0.2) is 66.3 Å². The van der Waals surface area contributed by atoms with Gasteiger partial charge in [0.25, 0.3) is 0 Å². The monoisotopic (exact) mass is 853 g/mol. The molecule has 0 heterocycles. The van der Waals surface area contributed by atoms with Gasteiger partial charge in [-0.05, 0) is 57.8 Å². The lowest BCUT2D eigenvalue weighted by atomic mass is 10.0. The third kappa shape index (κ3) is 45.5. The number of rotatable bonds is 45. The lowest BCUT2D eigenvalue weighted by Gasteiger charge is -2.20. The Balaban J connectivity index is 4.14. The first-order chi connectivity index (χ1) is 28.8. The fraction of sp³-hybridized carbons (Fsp3) is 0.776. The molecule has 0 aliphatic carbocycles. The van der Waals surface area contributed by atoms with Crippen LogP contribution in [0.4, 0.5) is 0 Å². The standard InChI is InChI=1S/C49H89O9P/c1-3-5-7-9-11-13-15-17-19-20-21-22-23-24-25-26-27-29-31-33-35-37-39-41-49(52)58-48(46-57-59(53,54)56-44-47(51)43-50)45-55-42-40-38-36-34-32-30-28-18-16-14-12-10-8-6-4-2/h5,7,11,13,17,19,21-22,24-25,47-48,50-51H,3-4,6,8-10,12,14-16,18,20,23,26-46H2,1-2H3,(H,53,54)/b7-5-,13-11-,19-17-,22-21-,25-24-. The summed E-state index contributed by atoms with van der Waals surface area (Å²) < 4.78 is 33.4. The van der Waals surface area contributed by atoms with Crippen molar-refractivity contribution in [2.24, 2.45) is 0 Å². The van der Waals surface area contributed by atoms with Crippen LogP contribution in [0.15, 0.2) is 60.8 Å². The Bertz CT molecular complexity index is 1100. The molecular formula is C49H89O9P. The smallest absolute Gasteiger partial charge is 0.457 e. The number of ether oxygens (including phenoxy) is 2. The van der Waals surface area contributed by atoms with E-state index in [1.54, 1.807) is 0 Å². The largest absolute Gasteiger partial charge is 0.472 e. The first kappa shape index (κ1) is 57.2. The number of aliphatic hydroxyl groups is 2. The number of phosphoric acid groups is 1. The van der Waals surface area contributed by atoms with E-state index in [9.17, 15) is 19.4 Å². The van der Waals surface area contributed by atoms with Gasteiger partial charge in [-0.15, -0.1) is 0 Å². The molecule has 0 aromatic heterocycles. The number of esters is 1. The Morgan fingerprint density at radius 3 is 1.46 bits per heavy atom. The van der Waals surface area contributed by atoms with Crippen LogP contribution in [0.3, 0.4) is 0 Å². The summed E-state index contributed by atoms with van der Waals surface area (Å²) in [6.07, 6.45) is 53.2. The van der Waals surface area contributed by atoms with Crippen molar-refractivity contribution in [3.63, 3.8) is 0 Å². The molecule has 0 aliphatic rings. The number of carbonyl (C=O) groups is 1. The second kappa shape index (κ2) is 45.7. The Hall–Kier alpha value is -1.84. The molecule has 10 heteroatoms. The van der Waals surface area contributed by atoms with Crippen molar-refractivity contribution >= 4 is 13.8 Å². The molecule has 3 atom stereocenters. The van der Waals surface area contributed by atoms with Gasteiger partial charge in [0.2, 0.25) is 0 Å². The molecule has 0 aromatic carbocycles. The van der Waals surface area contributed by atoms with Crippen LogP contribution in [0.25, 0.3) is 0 Å². The average molecular weight is 853 g/mol. The Labute approximate surface area is 361 Å². The van der Waals surface area contributed by atoms with E-state index in [4.69, 9.17) is 23.6 Å². The molecule has 0 amide bonds. The van der Waals surface area contributed by atoms with Crippen LogP contribution >= 0.6 is 7.82 Å². The van der Waals surface area contributed by atoms with E-state index < -0.39 is 39.2 Å². The van der Waals surface area contributed by atoms with E-state index in [-0.39, 0.29) is 19.6 Å². The van der Waals surface area contributed by atoms with Gasteiger partial charge in [-0.25, -0.2) is 4.57 Å². The summed E-state index contributed by atoms with van der Waals surface area (Å²) >= 11 is 0. The maximum Gasteiger partial charge on any atom is 0.472 e. The van der Waals surface area contributed by atoms with Gasteiger partial charge in [0, 0.05) is 13.0 Å². The summed E-state index contributed by atoms with van der Waals surface area (Å²) in [6.45, 7) is 3.41. The maximum atomic E-state index is 12.7. The summed E-state index contributed by atoms with van der Waals surface area (Å²) in [4.78, 5) is 22.6. The lowest BCUT2D eigenvalue weighted by molar-refractivity contribution is -0.154. The number of allylic oxidation sites excluding steroid dienone is 10. The summed E-state index contributed by atoms with van der Waals surface area (Å²) in [5.41, 5.74) is 0. The first-order valence-electron chi connectivity index (χ1n) is 23.8. The highest BCUT2D eigenvalue weighted by molar-refractivity contribution is 7.47. The van der Waals surface area contributed by atoms with E-state index in [1.807, 2.05) is 0 Å². The molecular weight excluding hydrogens is 764 g/mol. The molecule has 0 saturated heterocycles. The second-order valence-electron chi connectivity index (χ2n) is 15.8. The number of unbranched alkanes of at least 4 members (excludes halogenated alkanes) is 21. The number of aliphatic hydroxyl groups excluding tert-OH is 2. The van der Waals surface area contributed by atoms with Crippen molar-refractivity contribution in [1.29, 1.82) is 0 Å². The first-order valence-corrected chi connectivity index (χ1v) is 25.3. The van der Waals surface area contributed by atoms with Crippen LogP contribution in [0, 0.1) is 0 Å². The molecule has 0 rings (SSSR count). The average Bonchev–Trinajstić information content (AvgIpc) is 3.23. The van der Waals surface area contributed by atoms with E-state index in [2.05, 4.69) is 74.6 Å². The van der Waals surface area contributed by atoms with Crippen LogP contribution in [0.1, 0.15) is 200 Å². The van der Waals surface area contributed by atoms with Gasteiger partial charge in [-0.3, -0.25) is 13.8 Å². The van der Waals surface area contributed by atoms with Gasteiger partial charge in [0.15, 0.2) is 0 Å². The molecule has 59 heavy (non-hydrogen) atoms. The molecule has 0 spiro atoms. The van der Waals surface area contributed by atoms with Gasteiger partial charge >= 0.3 is 13.8 Å². The van der Waals surface area contributed by atoms with Crippen molar-refractivity contribution in [2.75, 3.05) is 33.0 Å². The normalized spacial score (nSPS) is 14.5. The summed E-state index contributed by atoms with van der Waals surface area (Å²) in [5, 5.41) is 18.4. The Morgan fingerprint density at radius 2 is 0.966 bits per heavy atom. The van der Waals surface area contributed by atoms with Crippen LogP contribution in [0.5, 0.6) is 0 Å². The maximum absolute atomic E-state index is 12.7. The van der Waals surface area contributed by atoms with Crippen molar-refractivity contribution in [1.82, 2.24) is 0 Å². The molecule has 344 valence electrons. The quantitative estimate of drug-likeness (QED) is 0.0237. The zero-order valence-corrected chi connectivity index (χ0v) is 38.6. The molecule has 0 saturated carbocycles. The van der Waals surface area contributed by atoms with Gasteiger partial charge < -0.3 is 24.6 Å². The SMILES string of the molecule is CC/C=C\C/C=C\C/C=C\C/C=C\C/C=C\CCCCCCCCCC(=O)OC(COCCCCCCCCCCCCCCCCC)COP(=O)(O)OCC(O)CO. The predicted octanol–water partition coefficient (Wildman–Crippen LogP) is 13.5. The van der Waals surface area contributed by atoms with Gasteiger partial charge in [-0.1, -0.05) is 197 Å². The van der Waals surface area contributed by atoms with E-state index in [1.165, 1.54) is 96.3 Å². The Morgan fingerprint density at radius 1 is 0.542 bits per heavy atom. The number of phosphoric ester groups is 1. The second-order valence-corrected chi connectivity index (χ2v) is 17.2. The van der Waals surface area contributed by atoms with Crippen molar-refractivity contribution in [3.05, 3.63) is 60.8 Å². The van der Waals surface area contributed by atoms with Gasteiger partial charge in [0.05, 0.1) is 26.4 Å². The third-order valence-corrected chi connectivity index (χ3v) is 10.9. The topological polar surface area (TPSA) is 132 Å². The zero-order valence-electron chi connectivity index (χ0n) is 37.7. The van der Waals surface area contributed by atoms with Crippen LogP contribution in [-0.2, 0) is 27.9 Å². The van der Waals surface area contributed by atoms with E-state index in [0.29, 0.717) is 13.0 Å². The predicted molar refractivity (Wildman–Crippen MR) is 246 cm³/mol. The third-order valence-electron chi connectivity index (χ3n) is 9.97. The van der Waals surface area contributed by atoms with Crippen LogP contribution in [0.2, 0.25) is 0 Å². The highest BCUT2D eigenvalue weighted by atomic mass is 31.2. The number of hydrogen-bond acceptors (Lipinski definition) is 8. The number of carbonyl (C=O) groups excluding carboxylic acids is 1. The minimum atomic E-state index is -4.52. The van der Waals surface area contributed by atoms with Gasteiger partial charge in [-0.2, -0.15) is 0 Å². The summed E-state index contributed by atoms with van der Waals surface area (Å²) in [7, 11) is -4.52. The highest BCUT2D eigenvalue weighted by Crippen LogP contribution is 2.43. The molecule has 0 radical (unpaired) electrons. The number of hydrogen-bond donors (Lipinski definition) is 3. The molecule has 0 aromatic rings. The minimum absolute atomic E-state index is 0.0449. The molecule has 3 N–H and O–H groups in total. The van der Waals surface area contributed by atoms with Crippen LogP contribution < -0.4 is 0 Å². The van der Waals surface area contributed by atoms with E-state index in [0.717, 1.165) is 77.0 Å².